The van der Waals surface area contributed by atoms with Gasteiger partial charge < -0.3 is 15.3 Å². The summed E-state index contributed by atoms with van der Waals surface area (Å²) >= 11 is 0. The van der Waals surface area contributed by atoms with Crippen molar-refractivity contribution in [3.05, 3.63) is 41.2 Å². The molecular formula is C18H21N5O5. The summed E-state index contributed by atoms with van der Waals surface area (Å²) in [6.07, 6.45) is -0.686. The first-order valence-electron chi connectivity index (χ1n) is 9.10. The molecule has 3 heterocycles. The zero-order chi connectivity index (χ0) is 19.9. The maximum atomic E-state index is 13.6. The summed E-state index contributed by atoms with van der Waals surface area (Å²) in [6, 6.07) is 9.10. The normalized spacial score (nSPS) is 27.9. The first-order valence-corrected chi connectivity index (χ1v) is 9.10. The molecule has 10 nitrogen and oxygen atoms in total. The van der Waals surface area contributed by atoms with Crippen LogP contribution in [0.1, 0.15) is 23.3 Å². The number of rotatable bonds is 3. The standard InChI is InChI=1S/C18H21N5O5/c24-16-6-5-15(23(28)9-12(18(26)27)8-19-10-22(16)23)21-17(25)14-7-11-3-1-2-4-13(11)20-14/h1-4,7,12,15,19-20H,5-6,8-10H2,(H,21,25)(H,26,27). The minimum atomic E-state index is -1.20. The van der Waals surface area contributed by atoms with Crippen LogP contribution < -0.4 is 10.6 Å². The van der Waals surface area contributed by atoms with Crippen molar-refractivity contribution in [3.8, 4) is 0 Å². The first-order chi connectivity index (χ1) is 13.4. The summed E-state index contributed by atoms with van der Waals surface area (Å²) in [5, 5.41) is 30.5. The molecule has 0 aliphatic carbocycles. The van der Waals surface area contributed by atoms with Gasteiger partial charge in [-0.05, 0) is 12.1 Å². The van der Waals surface area contributed by atoms with Crippen molar-refractivity contribution in [2.75, 3.05) is 19.8 Å². The van der Waals surface area contributed by atoms with Crippen LogP contribution in [0.2, 0.25) is 0 Å². The average molecular weight is 387 g/mol. The number of fused-ring (bicyclic) bond motifs is 2. The van der Waals surface area contributed by atoms with Gasteiger partial charge in [0.2, 0.25) is 0 Å². The van der Waals surface area contributed by atoms with Crippen LogP contribution in [-0.4, -0.2) is 63.6 Å². The number of para-hydroxylation sites is 1. The van der Waals surface area contributed by atoms with Crippen LogP contribution in [0.25, 0.3) is 10.9 Å². The molecule has 28 heavy (non-hydrogen) atoms. The Bertz CT molecular complexity index is 910. The van der Waals surface area contributed by atoms with Crippen LogP contribution in [0, 0.1) is 11.1 Å². The number of hydroxylamine groups is 2. The lowest BCUT2D eigenvalue weighted by Gasteiger charge is -2.55. The molecule has 1 aromatic heterocycles. The maximum Gasteiger partial charge on any atom is 0.313 e. The zero-order valence-electron chi connectivity index (χ0n) is 15.1. The second-order valence-corrected chi connectivity index (χ2v) is 7.18. The lowest BCUT2D eigenvalue weighted by molar-refractivity contribution is -1.01. The number of carboxylic acids is 1. The van der Waals surface area contributed by atoms with Crippen molar-refractivity contribution in [1.29, 1.82) is 0 Å². The summed E-state index contributed by atoms with van der Waals surface area (Å²) in [5.41, 5.74) is 1.10. The number of amides is 2. The van der Waals surface area contributed by atoms with Crippen molar-refractivity contribution >= 4 is 28.7 Å². The van der Waals surface area contributed by atoms with E-state index in [4.69, 9.17) is 0 Å². The largest absolute Gasteiger partial charge is 0.604 e. The van der Waals surface area contributed by atoms with Gasteiger partial charge in [0.1, 0.15) is 24.8 Å². The Morgan fingerprint density at radius 3 is 2.86 bits per heavy atom. The highest BCUT2D eigenvalue weighted by Gasteiger charge is 2.48. The van der Waals surface area contributed by atoms with E-state index < -0.39 is 28.7 Å². The number of carboxylic acid groups (broad SMARTS) is 1. The topological polar surface area (TPSA) is 138 Å². The molecule has 0 radical (unpaired) electrons. The molecule has 2 saturated heterocycles. The summed E-state index contributed by atoms with van der Waals surface area (Å²) in [6.45, 7) is -0.291. The molecule has 1 aromatic carbocycles. The predicted molar refractivity (Wildman–Crippen MR) is 98.1 cm³/mol. The lowest BCUT2D eigenvalue weighted by atomic mass is 10.1. The van der Waals surface area contributed by atoms with Crippen LogP contribution in [0.15, 0.2) is 30.3 Å². The third kappa shape index (κ3) is 3.11. The van der Waals surface area contributed by atoms with E-state index in [1.165, 1.54) is 0 Å². The van der Waals surface area contributed by atoms with E-state index in [0.29, 0.717) is 5.69 Å². The van der Waals surface area contributed by atoms with Gasteiger partial charge in [-0.25, -0.2) is 4.76 Å². The molecule has 2 fully saturated rings. The van der Waals surface area contributed by atoms with Crippen LogP contribution in [0.4, 0.5) is 0 Å². The quantitative estimate of drug-likeness (QED) is 0.443. The number of carbonyl (C=O) groups is 3. The van der Waals surface area contributed by atoms with E-state index in [9.17, 15) is 24.7 Å². The van der Waals surface area contributed by atoms with E-state index in [1.54, 1.807) is 6.07 Å². The molecule has 4 N–H and O–H groups in total. The number of benzene rings is 1. The number of carbonyl (C=O) groups excluding carboxylic acids is 2. The van der Waals surface area contributed by atoms with Crippen LogP contribution in [-0.2, 0) is 9.59 Å². The van der Waals surface area contributed by atoms with Gasteiger partial charge in [0.25, 0.3) is 11.8 Å². The Morgan fingerprint density at radius 1 is 1.32 bits per heavy atom. The summed E-state index contributed by atoms with van der Waals surface area (Å²) in [5.74, 6) is -2.89. The fourth-order valence-corrected chi connectivity index (χ4v) is 3.87. The SMILES string of the molecule is O=C(NC1CCC(=O)N2CNCC(C(=O)O)C[N+]12[O-])c1cc2ccccc2[nH]1. The third-order valence-corrected chi connectivity index (χ3v) is 5.37. The number of nitrogens with zero attached hydrogens (tertiary/aromatic N) is 2. The molecule has 2 aliphatic rings. The summed E-state index contributed by atoms with van der Waals surface area (Å²) in [7, 11) is 0. The van der Waals surface area contributed by atoms with E-state index in [-0.39, 0.29) is 38.5 Å². The van der Waals surface area contributed by atoms with Crippen molar-refractivity contribution < 1.29 is 24.2 Å². The summed E-state index contributed by atoms with van der Waals surface area (Å²) < 4.78 is -1.20. The number of H-pyrrole nitrogens is 1. The average Bonchev–Trinajstić information content (AvgIpc) is 3.01. The molecular weight excluding hydrogens is 366 g/mol. The number of aliphatic carboxylic acids is 1. The fourth-order valence-electron chi connectivity index (χ4n) is 3.87. The van der Waals surface area contributed by atoms with Crippen molar-refractivity contribution in [2.24, 2.45) is 5.92 Å². The van der Waals surface area contributed by atoms with Gasteiger partial charge in [0.15, 0.2) is 6.17 Å². The monoisotopic (exact) mass is 387 g/mol. The number of aromatic nitrogens is 1. The molecule has 0 saturated carbocycles. The van der Waals surface area contributed by atoms with Gasteiger partial charge in [-0.15, -0.1) is 0 Å². The Morgan fingerprint density at radius 2 is 2.11 bits per heavy atom. The number of nitrogens with one attached hydrogen (secondary N) is 3. The van der Waals surface area contributed by atoms with Gasteiger partial charge >= 0.3 is 5.97 Å². The number of aromatic amines is 1. The fraction of sp³-hybridized carbons (Fsp3) is 0.389. The lowest BCUT2D eigenvalue weighted by Crippen LogP contribution is -2.71. The minimum Gasteiger partial charge on any atom is -0.604 e. The molecule has 2 aliphatic heterocycles. The predicted octanol–water partition coefficient (Wildman–Crippen LogP) is 0.337. The molecule has 0 spiro atoms. The van der Waals surface area contributed by atoms with Crippen molar-refractivity contribution in [2.45, 2.75) is 19.0 Å². The molecule has 148 valence electrons. The molecule has 2 aromatic rings. The third-order valence-electron chi connectivity index (χ3n) is 5.37. The van der Waals surface area contributed by atoms with E-state index >= 15 is 0 Å². The Hall–Kier alpha value is -2.95. The van der Waals surface area contributed by atoms with Crippen molar-refractivity contribution in [1.82, 2.24) is 20.6 Å². The van der Waals surface area contributed by atoms with Gasteiger partial charge in [0.05, 0.1) is 0 Å². The van der Waals surface area contributed by atoms with E-state index in [1.807, 2.05) is 24.3 Å². The minimum absolute atomic E-state index is 0.0507. The Kier molecular flexibility index (Phi) is 4.53. The highest BCUT2D eigenvalue weighted by Crippen LogP contribution is 2.29. The maximum absolute atomic E-state index is 13.6. The molecule has 4 rings (SSSR count). The molecule has 3 unspecified atom stereocenters. The highest BCUT2D eigenvalue weighted by molar-refractivity contribution is 5.98. The van der Waals surface area contributed by atoms with Crippen LogP contribution >= 0.6 is 0 Å². The number of quaternary nitrogens is 1. The van der Waals surface area contributed by atoms with Crippen LogP contribution in [0.5, 0.6) is 0 Å². The van der Waals surface area contributed by atoms with Gasteiger partial charge in [0, 0.05) is 30.3 Å². The highest BCUT2D eigenvalue weighted by atomic mass is 16.6. The van der Waals surface area contributed by atoms with Crippen molar-refractivity contribution in [3.63, 3.8) is 0 Å². The number of hydrogen-bond acceptors (Lipinski definition) is 5. The van der Waals surface area contributed by atoms with Gasteiger partial charge in [-0.1, -0.05) is 18.2 Å². The smallest absolute Gasteiger partial charge is 0.313 e. The van der Waals surface area contributed by atoms with Gasteiger partial charge in [-0.3, -0.25) is 25.0 Å². The van der Waals surface area contributed by atoms with E-state index in [2.05, 4.69) is 15.6 Å². The molecule has 0 bridgehead atoms. The van der Waals surface area contributed by atoms with Gasteiger partial charge in [-0.2, -0.15) is 5.01 Å². The molecule has 10 heteroatoms. The van der Waals surface area contributed by atoms with E-state index in [0.717, 1.165) is 15.9 Å². The molecule has 2 amide bonds. The summed E-state index contributed by atoms with van der Waals surface area (Å²) in [4.78, 5) is 39.5. The second-order valence-electron chi connectivity index (χ2n) is 7.18. The zero-order valence-corrected chi connectivity index (χ0v) is 15.1. The number of hydrogen-bond donors (Lipinski definition) is 4. The second kappa shape index (κ2) is 6.89. The Labute approximate surface area is 160 Å². The molecule has 3 atom stereocenters. The first kappa shape index (κ1) is 18.4. The van der Waals surface area contributed by atoms with Crippen LogP contribution in [0.3, 0.4) is 0 Å². The Balaban J connectivity index is 1.60.